The van der Waals surface area contributed by atoms with E-state index in [4.69, 9.17) is 10.3 Å². The third kappa shape index (κ3) is 5.36. The summed E-state index contributed by atoms with van der Waals surface area (Å²) in [6.45, 7) is 6.45. The smallest absolute Gasteiger partial charge is 0.227 e. The maximum absolute atomic E-state index is 13.3. The number of aryl methyl sites for hydroxylation is 2. The number of amides is 1. The van der Waals surface area contributed by atoms with Gasteiger partial charge in [0, 0.05) is 38.0 Å². The van der Waals surface area contributed by atoms with Crippen LogP contribution < -0.4 is 5.73 Å². The maximum atomic E-state index is 13.3. The van der Waals surface area contributed by atoms with Crippen LogP contribution in [0.4, 0.5) is 4.39 Å². The second kappa shape index (κ2) is 8.89. The van der Waals surface area contributed by atoms with E-state index in [1.807, 2.05) is 0 Å². The molecule has 26 heavy (non-hydrogen) atoms. The molecule has 0 aliphatic heterocycles. The van der Waals surface area contributed by atoms with Gasteiger partial charge in [-0.05, 0) is 43.0 Å². The van der Waals surface area contributed by atoms with Crippen LogP contribution in [0.3, 0.4) is 0 Å². The van der Waals surface area contributed by atoms with E-state index in [-0.39, 0.29) is 24.2 Å². The molecule has 2 rings (SSSR count). The van der Waals surface area contributed by atoms with E-state index in [1.165, 1.54) is 6.07 Å². The number of hydrogen-bond donors (Lipinski definition) is 1. The average Bonchev–Trinajstić information content (AvgIpc) is 3.08. The predicted octanol–water partition coefficient (Wildman–Crippen LogP) is 2.95. The first-order valence-electron chi connectivity index (χ1n) is 8.86. The highest BCUT2D eigenvalue weighted by atomic mass is 19.1. The standard InChI is InChI=1S/C19H27FN4O2/c1-12(2)16(21)9-10-24(4)18(25)8-7-17-22-19(23-26-17)14-5-6-15(20)13(3)11-14/h5-6,11-12,16H,7-10,21H2,1-4H3. The van der Waals surface area contributed by atoms with Crippen LogP contribution in [0.5, 0.6) is 0 Å². The summed E-state index contributed by atoms with van der Waals surface area (Å²) in [6.07, 6.45) is 1.43. The monoisotopic (exact) mass is 362 g/mol. The average molecular weight is 362 g/mol. The van der Waals surface area contributed by atoms with E-state index in [9.17, 15) is 9.18 Å². The van der Waals surface area contributed by atoms with Crippen LogP contribution in [0.1, 0.15) is 38.1 Å². The fraction of sp³-hybridized carbons (Fsp3) is 0.526. The van der Waals surface area contributed by atoms with E-state index in [1.54, 1.807) is 31.0 Å². The molecule has 0 aliphatic carbocycles. The van der Waals surface area contributed by atoms with Crippen LogP contribution in [0.15, 0.2) is 22.7 Å². The largest absolute Gasteiger partial charge is 0.346 e. The summed E-state index contributed by atoms with van der Waals surface area (Å²) >= 11 is 0. The Labute approximate surface area is 153 Å². The summed E-state index contributed by atoms with van der Waals surface area (Å²) in [4.78, 5) is 18.2. The minimum absolute atomic E-state index is 0.0123. The fourth-order valence-corrected chi connectivity index (χ4v) is 2.46. The number of hydrogen-bond acceptors (Lipinski definition) is 5. The molecule has 142 valence electrons. The highest BCUT2D eigenvalue weighted by Crippen LogP contribution is 2.19. The molecule has 7 heteroatoms. The highest BCUT2D eigenvalue weighted by molar-refractivity contribution is 5.76. The van der Waals surface area contributed by atoms with Crippen molar-refractivity contribution in [3.8, 4) is 11.4 Å². The number of nitrogens with two attached hydrogens (primary N) is 1. The Morgan fingerprint density at radius 2 is 2.12 bits per heavy atom. The molecule has 0 saturated carbocycles. The minimum atomic E-state index is -0.275. The molecule has 1 aromatic carbocycles. The molecule has 1 aromatic heterocycles. The van der Waals surface area contributed by atoms with Crippen molar-refractivity contribution in [1.29, 1.82) is 0 Å². The highest BCUT2D eigenvalue weighted by Gasteiger charge is 2.15. The normalized spacial score (nSPS) is 12.4. The van der Waals surface area contributed by atoms with Crippen LogP contribution in [0, 0.1) is 18.7 Å². The molecule has 1 amide bonds. The van der Waals surface area contributed by atoms with Crippen molar-refractivity contribution in [2.75, 3.05) is 13.6 Å². The number of benzene rings is 1. The quantitative estimate of drug-likeness (QED) is 0.780. The van der Waals surface area contributed by atoms with Crippen LogP contribution in [0.25, 0.3) is 11.4 Å². The SMILES string of the molecule is Cc1cc(-c2noc(CCC(=O)N(C)CCC(N)C(C)C)n2)ccc1F. The Balaban J connectivity index is 1.87. The molecule has 1 heterocycles. The fourth-order valence-electron chi connectivity index (χ4n) is 2.46. The minimum Gasteiger partial charge on any atom is -0.346 e. The Hall–Kier alpha value is -2.28. The summed E-state index contributed by atoms with van der Waals surface area (Å²) in [5.74, 6) is 0.918. The second-order valence-corrected chi connectivity index (χ2v) is 6.99. The van der Waals surface area contributed by atoms with Gasteiger partial charge in [-0.1, -0.05) is 19.0 Å². The Morgan fingerprint density at radius 1 is 1.38 bits per heavy atom. The topological polar surface area (TPSA) is 85.2 Å². The molecule has 0 fully saturated rings. The molecule has 0 saturated heterocycles. The van der Waals surface area contributed by atoms with E-state index in [2.05, 4.69) is 24.0 Å². The summed E-state index contributed by atoms with van der Waals surface area (Å²) in [5.41, 5.74) is 7.22. The Morgan fingerprint density at radius 3 is 2.77 bits per heavy atom. The van der Waals surface area contributed by atoms with E-state index >= 15 is 0 Å². The first-order chi connectivity index (χ1) is 12.3. The van der Waals surface area contributed by atoms with Crippen molar-refractivity contribution in [3.63, 3.8) is 0 Å². The van der Waals surface area contributed by atoms with Crippen molar-refractivity contribution in [1.82, 2.24) is 15.0 Å². The van der Waals surface area contributed by atoms with Crippen molar-refractivity contribution in [2.45, 2.75) is 46.1 Å². The van der Waals surface area contributed by atoms with Gasteiger partial charge >= 0.3 is 0 Å². The van der Waals surface area contributed by atoms with E-state index < -0.39 is 0 Å². The second-order valence-electron chi connectivity index (χ2n) is 6.99. The summed E-state index contributed by atoms with van der Waals surface area (Å²) < 4.78 is 18.6. The van der Waals surface area contributed by atoms with Gasteiger partial charge in [-0.2, -0.15) is 4.98 Å². The lowest BCUT2D eigenvalue weighted by atomic mass is 10.0. The summed E-state index contributed by atoms with van der Waals surface area (Å²) in [7, 11) is 1.77. The number of nitrogens with zero attached hydrogens (tertiary/aromatic N) is 3. The van der Waals surface area contributed by atoms with Crippen molar-refractivity contribution >= 4 is 5.91 Å². The molecule has 0 aliphatic rings. The van der Waals surface area contributed by atoms with Gasteiger partial charge < -0.3 is 15.2 Å². The molecule has 2 aromatic rings. The maximum Gasteiger partial charge on any atom is 0.227 e. The van der Waals surface area contributed by atoms with Gasteiger partial charge in [-0.3, -0.25) is 4.79 Å². The molecule has 1 atom stereocenters. The first kappa shape index (κ1) is 20.0. The number of halogens is 1. The molecule has 0 radical (unpaired) electrons. The number of carbonyl (C=O) groups is 1. The Kier molecular flexibility index (Phi) is 6.85. The number of rotatable bonds is 8. The molecule has 6 nitrogen and oxygen atoms in total. The summed E-state index contributed by atoms with van der Waals surface area (Å²) in [6, 6.07) is 4.73. The molecular formula is C19H27FN4O2. The number of carbonyl (C=O) groups excluding carboxylic acids is 1. The van der Waals surface area contributed by atoms with Crippen LogP contribution >= 0.6 is 0 Å². The Bertz CT molecular complexity index is 745. The van der Waals surface area contributed by atoms with Gasteiger partial charge in [0.1, 0.15) is 5.82 Å². The third-order valence-electron chi connectivity index (χ3n) is 4.52. The molecule has 1 unspecified atom stereocenters. The van der Waals surface area contributed by atoms with Gasteiger partial charge in [0.15, 0.2) is 0 Å². The van der Waals surface area contributed by atoms with Crippen LogP contribution in [-0.4, -0.2) is 40.6 Å². The van der Waals surface area contributed by atoms with Gasteiger partial charge in [0.05, 0.1) is 0 Å². The van der Waals surface area contributed by atoms with Crippen LogP contribution in [-0.2, 0) is 11.2 Å². The van der Waals surface area contributed by atoms with Crippen molar-refractivity contribution < 1.29 is 13.7 Å². The van der Waals surface area contributed by atoms with E-state index in [0.717, 1.165) is 6.42 Å². The summed E-state index contributed by atoms with van der Waals surface area (Å²) in [5, 5.41) is 3.91. The zero-order valence-electron chi connectivity index (χ0n) is 15.8. The number of aromatic nitrogens is 2. The lowest BCUT2D eigenvalue weighted by Crippen LogP contribution is -2.34. The first-order valence-corrected chi connectivity index (χ1v) is 8.86. The van der Waals surface area contributed by atoms with Gasteiger partial charge in [-0.25, -0.2) is 4.39 Å². The van der Waals surface area contributed by atoms with Gasteiger partial charge in [0.2, 0.25) is 17.6 Å². The lowest BCUT2D eigenvalue weighted by Gasteiger charge is -2.21. The third-order valence-corrected chi connectivity index (χ3v) is 4.52. The molecule has 0 spiro atoms. The van der Waals surface area contributed by atoms with Crippen molar-refractivity contribution in [3.05, 3.63) is 35.5 Å². The zero-order chi connectivity index (χ0) is 19.3. The zero-order valence-corrected chi connectivity index (χ0v) is 15.8. The lowest BCUT2D eigenvalue weighted by molar-refractivity contribution is -0.130. The molecule has 2 N–H and O–H groups in total. The van der Waals surface area contributed by atoms with E-state index in [0.29, 0.717) is 41.7 Å². The predicted molar refractivity (Wildman–Crippen MR) is 97.8 cm³/mol. The van der Waals surface area contributed by atoms with Crippen LogP contribution in [0.2, 0.25) is 0 Å². The molecular weight excluding hydrogens is 335 g/mol. The molecule has 0 bridgehead atoms. The van der Waals surface area contributed by atoms with Gasteiger partial charge in [0.25, 0.3) is 0 Å². The van der Waals surface area contributed by atoms with Gasteiger partial charge in [-0.15, -0.1) is 0 Å². The van der Waals surface area contributed by atoms with Crippen molar-refractivity contribution in [2.24, 2.45) is 11.7 Å².